The molecule has 1 heterocycles. The number of piperidine rings is 1. The molecule has 98 valence electrons. The van der Waals surface area contributed by atoms with Gasteiger partial charge in [0.1, 0.15) is 0 Å². The van der Waals surface area contributed by atoms with Gasteiger partial charge in [0.05, 0.1) is 11.5 Å². The van der Waals surface area contributed by atoms with Crippen LogP contribution in [0.25, 0.3) is 0 Å². The highest BCUT2D eigenvalue weighted by Gasteiger charge is 2.18. The Balaban J connectivity index is 2.01. The number of benzene rings is 1. The van der Waals surface area contributed by atoms with Gasteiger partial charge in [-0.05, 0) is 66.6 Å². The molecule has 18 heavy (non-hydrogen) atoms. The summed E-state index contributed by atoms with van der Waals surface area (Å²) >= 11 is 2.06. The number of ether oxygens (including phenoxy) is 1. The molecule has 0 aromatic heterocycles. The van der Waals surface area contributed by atoms with Crippen molar-refractivity contribution in [1.29, 1.82) is 0 Å². The molecule has 1 fully saturated rings. The van der Waals surface area contributed by atoms with E-state index < -0.39 is 0 Å². The highest BCUT2D eigenvalue weighted by molar-refractivity contribution is 14.1. The largest absolute Gasteiger partial charge is 0.487 e. The summed E-state index contributed by atoms with van der Waals surface area (Å²) in [6.45, 7) is 2.56. The molecule has 1 aromatic carbocycles. The van der Waals surface area contributed by atoms with Crippen molar-refractivity contribution in [1.82, 2.24) is 5.32 Å². The Kier molecular flexibility index (Phi) is 4.76. The van der Waals surface area contributed by atoms with Crippen molar-refractivity contribution in [2.75, 3.05) is 19.7 Å². The second-order valence-corrected chi connectivity index (χ2v) is 5.62. The number of hydrogen-bond donors (Lipinski definition) is 1. The van der Waals surface area contributed by atoms with Gasteiger partial charge < -0.3 is 10.1 Å². The van der Waals surface area contributed by atoms with E-state index >= 15 is 0 Å². The molecule has 0 spiro atoms. The van der Waals surface area contributed by atoms with Crippen molar-refractivity contribution in [2.24, 2.45) is 5.92 Å². The number of rotatable bonds is 4. The van der Waals surface area contributed by atoms with Crippen LogP contribution in [0.5, 0.6) is 5.75 Å². The van der Waals surface area contributed by atoms with E-state index in [1.54, 1.807) is 6.07 Å². The quantitative estimate of drug-likeness (QED) is 0.508. The average Bonchev–Trinajstić information content (AvgIpc) is 2.38. The van der Waals surface area contributed by atoms with Gasteiger partial charge in [-0.2, -0.15) is 0 Å². The zero-order valence-electron chi connectivity index (χ0n) is 9.89. The topological polar surface area (TPSA) is 64.4 Å². The van der Waals surface area contributed by atoms with Gasteiger partial charge in [0.15, 0.2) is 5.75 Å². The minimum absolute atomic E-state index is 0.0517. The fourth-order valence-electron chi connectivity index (χ4n) is 2.01. The summed E-state index contributed by atoms with van der Waals surface area (Å²) in [4.78, 5) is 10.5. The zero-order valence-corrected chi connectivity index (χ0v) is 12.1. The molecule has 1 aromatic rings. The molecule has 0 bridgehead atoms. The van der Waals surface area contributed by atoms with Gasteiger partial charge in [-0.1, -0.05) is 0 Å². The maximum Gasteiger partial charge on any atom is 0.311 e. The molecule has 0 aliphatic carbocycles. The Hall–Kier alpha value is -0.890. The molecule has 0 saturated carbocycles. The van der Waals surface area contributed by atoms with E-state index in [4.69, 9.17) is 4.74 Å². The molecule has 1 aliphatic heterocycles. The average molecular weight is 362 g/mol. The summed E-state index contributed by atoms with van der Waals surface area (Å²) in [5.74, 6) is 0.865. The molecule has 1 N–H and O–H groups in total. The normalized spacial score (nSPS) is 16.5. The number of nitrogens with zero attached hydrogens (tertiary/aromatic N) is 1. The van der Waals surface area contributed by atoms with Crippen LogP contribution in [0.3, 0.4) is 0 Å². The van der Waals surface area contributed by atoms with Gasteiger partial charge >= 0.3 is 5.69 Å². The first-order valence-corrected chi connectivity index (χ1v) is 7.02. The number of hydrogen-bond acceptors (Lipinski definition) is 4. The third-order valence-electron chi connectivity index (χ3n) is 3.05. The second-order valence-electron chi connectivity index (χ2n) is 4.37. The van der Waals surface area contributed by atoms with Gasteiger partial charge in [0.25, 0.3) is 0 Å². The van der Waals surface area contributed by atoms with Gasteiger partial charge in [0.2, 0.25) is 0 Å². The van der Waals surface area contributed by atoms with Gasteiger partial charge in [0, 0.05) is 9.64 Å². The molecule has 0 unspecified atom stereocenters. The standard InChI is InChI=1S/C12H15IN2O3/c13-10-1-2-12(11(7-10)15(16)17)18-8-9-3-5-14-6-4-9/h1-2,7,9,14H,3-6,8H2. The first kappa shape index (κ1) is 13.5. The van der Waals surface area contributed by atoms with Crippen molar-refractivity contribution in [3.8, 4) is 5.75 Å². The molecule has 6 heteroatoms. The van der Waals surface area contributed by atoms with E-state index in [1.165, 1.54) is 6.07 Å². The zero-order chi connectivity index (χ0) is 13.0. The molecular weight excluding hydrogens is 347 g/mol. The summed E-state index contributed by atoms with van der Waals surface area (Å²) in [6.07, 6.45) is 2.14. The Labute approximate surface area is 119 Å². The van der Waals surface area contributed by atoms with Crippen LogP contribution < -0.4 is 10.1 Å². The van der Waals surface area contributed by atoms with Crippen molar-refractivity contribution in [3.05, 3.63) is 31.9 Å². The molecule has 0 amide bonds. The Morgan fingerprint density at radius 2 is 2.17 bits per heavy atom. The smallest absolute Gasteiger partial charge is 0.311 e. The summed E-state index contributed by atoms with van der Waals surface area (Å²) < 4.78 is 6.46. The first-order valence-electron chi connectivity index (χ1n) is 5.94. The molecule has 0 radical (unpaired) electrons. The number of nitro groups is 1. The van der Waals surface area contributed by atoms with E-state index in [0.717, 1.165) is 29.5 Å². The van der Waals surface area contributed by atoms with Gasteiger partial charge in [-0.15, -0.1) is 0 Å². The minimum Gasteiger partial charge on any atom is -0.487 e. The lowest BCUT2D eigenvalue weighted by Crippen LogP contribution is -2.30. The SMILES string of the molecule is O=[N+]([O-])c1cc(I)ccc1OCC1CCNCC1. The fraction of sp³-hybridized carbons (Fsp3) is 0.500. The predicted molar refractivity (Wildman–Crippen MR) is 76.9 cm³/mol. The van der Waals surface area contributed by atoms with E-state index in [1.807, 2.05) is 6.07 Å². The van der Waals surface area contributed by atoms with Crippen molar-refractivity contribution in [3.63, 3.8) is 0 Å². The number of nitrogens with one attached hydrogen (secondary N) is 1. The van der Waals surface area contributed by atoms with Crippen LogP contribution in [-0.4, -0.2) is 24.6 Å². The van der Waals surface area contributed by atoms with E-state index in [9.17, 15) is 10.1 Å². The third kappa shape index (κ3) is 3.55. The Bertz CT molecular complexity index is 433. The minimum atomic E-state index is -0.389. The van der Waals surface area contributed by atoms with E-state index in [0.29, 0.717) is 18.3 Å². The summed E-state index contributed by atoms with van der Waals surface area (Å²) in [5, 5.41) is 14.2. The molecule has 1 aliphatic rings. The van der Waals surface area contributed by atoms with Crippen LogP contribution in [0, 0.1) is 19.6 Å². The maximum atomic E-state index is 10.9. The molecule has 5 nitrogen and oxygen atoms in total. The summed E-state index contributed by atoms with van der Waals surface area (Å²) in [6, 6.07) is 5.05. The molecule has 1 saturated heterocycles. The molecular formula is C12H15IN2O3. The van der Waals surface area contributed by atoms with Crippen molar-refractivity contribution in [2.45, 2.75) is 12.8 Å². The maximum absolute atomic E-state index is 10.9. The first-order chi connectivity index (χ1) is 8.66. The summed E-state index contributed by atoms with van der Waals surface area (Å²) in [7, 11) is 0. The number of nitro benzene ring substituents is 1. The molecule has 2 rings (SSSR count). The van der Waals surface area contributed by atoms with Crippen LogP contribution in [0.2, 0.25) is 0 Å². The Morgan fingerprint density at radius 3 is 2.83 bits per heavy atom. The van der Waals surface area contributed by atoms with Crippen LogP contribution in [0.1, 0.15) is 12.8 Å². The Morgan fingerprint density at radius 1 is 1.44 bits per heavy atom. The van der Waals surface area contributed by atoms with Crippen molar-refractivity contribution >= 4 is 28.3 Å². The lowest BCUT2D eigenvalue weighted by molar-refractivity contribution is -0.386. The number of halogens is 1. The van der Waals surface area contributed by atoms with Gasteiger partial charge in [-0.25, -0.2) is 0 Å². The lowest BCUT2D eigenvalue weighted by Gasteiger charge is -2.22. The van der Waals surface area contributed by atoms with Crippen LogP contribution in [-0.2, 0) is 0 Å². The van der Waals surface area contributed by atoms with E-state index in [2.05, 4.69) is 27.9 Å². The van der Waals surface area contributed by atoms with E-state index in [-0.39, 0.29) is 10.6 Å². The van der Waals surface area contributed by atoms with Gasteiger partial charge in [-0.3, -0.25) is 10.1 Å². The van der Waals surface area contributed by atoms with Crippen LogP contribution in [0.4, 0.5) is 5.69 Å². The lowest BCUT2D eigenvalue weighted by atomic mass is 9.99. The fourth-order valence-corrected chi connectivity index (χ4v) is 2.49. The van der Waals surface area contributed by atoms with Crippen molar-refractivity contribution < 1.29 is 9.66 Å². The highest BCUT2D eigenvalue weighted by Crippen LogP contribution is 2.29. The monoisotopic (exact) mass is 362 g/mol. The highest BCUT2D eigenvalue weighted by atomic mass is 127. The second kappa shape index (κ2) is 6.33. The molecule has 0 atom stereocenters. The van der Waals surface area contributed by atoms with Crippen LogP contribution >= 0.6 is 22.6 Å². The van der Waals surface area contributed by atoms with Crippen LogP contribution in [0.15, 0.2) is 18.2 Å². The third-order valence-corrected chi connectivity index (χ3v) is 3.72. The predicted octanol–water partition coefficient (Wildman–Crippen LogP) is 2.58. The summed E-state index contributed by atoms with van der Waals surface area (Å²) in [5.41, 5.74) is 0.0517.